The molecule has 0 unspecified atom stereocenters. The largest absolute Gasteiger partial charge is 0.483 e. The van der Waals surface area contributed by atoms with Crippen LogP contribution >= 0.6 is 23.2 Å². The normalized spacial score (nSPS) is 12.5. The molecule has 3 rings (SSSR count). The molecule has 3 aromatic carbocycles. The van der Waals surface area contributed by atoms with Crippen LogP contribution in [0.1, 0.15) is 42.5 Å². The first-order chi connectivity index (χ1) is 17.7. The van der Waals surface area contributed by atoms with Gasteiger partial charge in [0, 0.05) is 19.0 Å². The van der Waals surface area contributed by atoms with Crippen LogP contribution < -0.4 is 10.1 Å². The molecule has 0 saturated heterocycles. The molecule has 37 heavy (non-hydrogen) atoms. The van der Waals surface area contributed by atoms with Gasteiger partial charge in [0.1, 0.15) is 11.8 Å². The molecule has 0 spiro atoms. The highest BCUT2D eigenvalue weighted by atomic mass is 35.5. The van der Waals surface area contributed by atoms with Crippen LogP contribution in [0.2, 0.25) is 10.0 Å². The molecule has 2 atom stereocenters. The average Bonchev–Trinajstić information content (AvgIpc) is 2.88. The van der Waals surface area contributed by atoms with Crippen LogP contribution in [0.4, 0.5) is 0 Å². The summed E-state index contributed by atoms with van der Waals surface area (Å²) < 4.78 is 5.93. The Morgan fingerprint density at radius 3 is 2.32 bits per heavy atom. The van der Waals surface area contributed by atoms with Crippen LogP contribution in [0.3, 0.4) is 0 Å². The second-order valence-corrected chi connectivity index (χ2v) is 10.2. The van der Waals surface area contributed by atoms with Crippen molar-refractivity contribution in [2.45, 2.75) is 59.2 Å². The van der Waals surface area contributed by atoms with Crippen molar-refractivity contribution >= 4 is 35.0 Å². The Kier molecular flexibility index (Phi) is 10.4. The molecule has 0 aliphatic heterocycles. The lowest BCUT2D eigenvalue weighted by Crippen LogP contribution is -2.53. The second-order valence-electron chi connectivity index (χ2n) is 9.35. The SMILES string of the molecule is CC[C@H](C)NC(=O)[C@H](Cc1ccccc1)N(Cc1ccc(Cl)c(Cl)c1)C(=O)COc1ccc(C)cc1C. The lowest BCUT2D eigenvalue weighted by Gasteiger charge is -2.32. The number of ether oxygens (including phenoxy) is 1. The number of aryl methyl sites for hydroxylation is 2. The van der Waals surface area contributed by atoms with Gasteiger partial charge in [-0.05, 0) is 62.1 Å². The van der Waals surface area contributed by atoms with E-state index in [0.717, 1.165) is 28.7 Å². The molecular weight excluding hydrogens is 507 g/mol. The Bertz CT molecular complexity index is 1220. The zero-order valence-electron chi connectivity index (χ0n) is 21.8. The quantitative estimate of drug-likeness (QED) is 0.300. The van der Waals surface area contributed by atoms with Crippen LogP contribution in [0.5, 0.6) is 5.75 Å². The van der Waals surface area contributed by atoms with E-state index in [9.17, 15) is 9.59 Å². The van der Waals surface area contributed by atoms with E-state index >= 15 is 0 Å². The molecule has 5 nitrogen and oxygen atoms in total. The summed E-state index contributed by atoms with van der Waals surface area (Å²) in [5.74, 6) is 0.126. The molecule has 0 bridgehead atoms. The van der Waals surface area contributed by atoms with Gasteiger partial charge in [-0.15, -0.1) is 0 Å². The highest BCUT2D eigenvalue weighted by Crippen LogP contribution is 2.25. The predicted molar refractivity (Wildman–Crippen MR) is 150 cm³/mol. The van der Waals surface area contributed by atoms with Crippen molar-refractivity contribution in [3.8, 4) is 5.75 Å². The highest BCUT2D eigenvalue weighted by molar-refractivity contribution is 6.42. The van der Waals surface area contributed by atoms with Crippen LogP contribution in [-0.4, -0.2) is 35.4 Å². The second kappa shape index (κ2) is 13.5. The first-order valence-electron chi connectivity index (χ1n) is 12.5. The third kappa shape index (κ3) is 8.24. The average molecular weight is 542 g/mol. The number of amides is 2. The van der Waals surface area contributed by atoms with Crippen molar-refractivity contribution in [1.29, 1.82) is 0 Å². The maximum absolute atomic E-state index is 13.7. The van der Waals surface area contributed by atoms with Crippen molar-refractivity contribution in [1.82, 2.24) is 10.2 Å². The third-order valence-electron chi connectivity index (χ3n) is 6.29. The zero-order chi connectivity index (χ0) is 26.9. The fourth-order valence-electron chi connectivity index (χ4n) is 4.01. The molecular formula is C30H34Cl2N2O3. The molecule has 196 valence electrons. The summed E-state index contributed by atoms with van der Waals surface area (Å²) in [5, 5.41) is 3.88. The number of hydrogen-bond donors (Lipinski definition) is 1. The zero-order valence-corrected chi connectivity index (χ0v) is 23.3. The molecule has 7 heteroatoms. The van der Waals surface area contributed by atoms with Gasteiger partial charge in [-0.25, -0.2) is 0 Å². The Hall–Kier alpha value is -3.02. The van der Waals surface area contributed by atoms with E-state index in [-0.39, 0.29) is 31.0 Å². The smallest absolute Gasteiger partial charge is 0.261 e. The van der Waals surface area contributed by atoms with Gasteiger partial charge < -0.3 is 15.0 Å². The Morgan fingerprint density at radius 2 is 1.68 bits per heavy atom. The summed E-state index contributed by atoms with van der Waals surface area (Å²) in [6.07, 6.45) is 1.14. The lowest BCUT2D eigenvalue weighted by atomic mass is 10.0. The molecule has 2 amide bonds. The van der Waals surface area contributed by atoms with Gasteiger partial charge in [0.25, 0.3) is 5.91 Å². The summed E-state index contributed by atoms with van der Waals surface area (Å²) in [5.41, 5.74) is 3.78. The molecule has 1 N–H and O–H groups in total. The van der Waals surface area contributed by atoms with Gasteiger partial charge in [-0.3, -0.25) is 9.59 Å². The van der Waals surface area contributed by atoms with Crippen molar-refractivity contribution in [2.24, 2.45) is 0 Å². The predicted octanol–water partition coefficient (Wildman–Crippen LogP) is 6.54. The Balaban J connectivity index is 1.94. The molecule has 0 aliphatic rings. The van der Waals surface area contributed by atoms with Crippen molar-refractivity contribution in [3.05, 3.63) is 99.0 Å². The molecule has 3 aromatic rings. The number of nitrogens with zero attached hydrogens (tertiary/aromatic N) is 1. The number of nitrogens with one attached hydrogen (secondary N) is 1. The van der Waals surface area contributed by atoms with Gasteiger partial charge in [0.2, 0.25) is 5.91 Å². The fourth-order valence-corrected chi connectivity index (χ4v) is 4.33. The standard InChI is InChI=1S/C30H34Cl2N2O3/c1-5-22(4)33-30(36)27(17-23-9-7-6-8-10-23)34(18-24-12-13-25(31)26(32)16-24)29(35)19-37-28-14-11-20(2)15-21(28)3/h6-16,22,27H,5,17-19H2,1-4H3,(H,33,36)/t22-,27-/m0/s1. The summed E-state index contributed by atoms with van der Waals surface area (Å²) in [4.78, 5) is 28.8. The minimum Gasteiger partial charge on any atom is -0.483 e. The lowest BCUT2D eigenvalue weighted by molar-refractivity contribution is -0.143. The van der Waals surface area contributed by atoms with E-state index in [4.69, 9.17) is 27.9 Å². The summed E-state index contributed by atoms with van der Waals surface area (Å²) in [7, 11) is 0. The number of carbonyl (C=O) groups is 2. The van der Waals surface area contributed by atoms with E-state index in [1.807, 2.05) is 82.3 Å². The molecule has 0 saturated carbocycles. The first-order valence-corrected chi connectivity index (χ1v) is 13.2. The third-order valence-corrected chi connectivity index (χ3v) is 7.03. The summed E-state index contributed by atoms with van der Waals surface area (Å²) >= 11 is 12.4. The topological polar surface area (TPSA) is 58.6 Å². The van der Waals surface area contributed by atoms with Gasteiger partial charge in [0.05, 0.1) is 10.0 Å². The van der Waals surface area contributed by atoms with E-state index in [1.165, 1.54) is 0 Å². The number of halogens is 2. The van der Waals surface area contributed by atoms with Crippen molar-refractivity contribution in [3.63, 3.8) is 0 Å². The maximum Gasteiger partial charge on any atom is 0.261 e. The van der Waals surface area contributed by atoms with Crippen molar-refractivity contribution < 1.29 is 14.3 Å². The molecule has 0 radical (unpaired) electrons. The van der Waals surface area contributed by atoms with E-state index in [1.54, 1.807) is 17.0 Å². The number of carbonyl (C=O) groups excluding carboxylic acids is 2. The Morgan fingerprint density at radius 1 is 0.946 bits per heavy atom. The van der Waals surface area contributed by atoms with Crippen molar-refractivity contribution in [2.75, 3.05) is 6.61 Å². The van der Waals surface area contributed by atoms with Crippen LogP contribution in [0.15, 0.2) is 66.7 Å². The van der Waals surface area contributed by atoms with Gasteiger partial charge >= 0.3 is 0 Å². The molecule has 0 aromatic heterocycles. The van der Waals surface area contributed by atoms with Gasteiger partial charge in [0.15, 0.2) is 6.61 Å². The summed E-state index contributed by atoms with van der Waals surface area (Å²) in [6, 6.07) is 19.9. The van der Waals surface area contributed by atoms with E-state index < -0.39 is 6.04 Å². The minimum atomic E-state index is -0.749. The molecule has 0 fully saturated rings. The van der Waals surface area contributed by atoms with Gasteiger partial charge in [-0.2, -0.15) is 0 Å². The fraction of sp³-hybridized carbons (Fsp3) is 0.333. The van der Waals surface area contributed by atoms with E-state index in [0.29, 0.717) is 22.2 Å². The molecule has 0 heterocycles. The number of benzene rings is 3. The highest BCUT2D eigenvalue weighted by Gasteiger charge is 2.31. The van der Waals surface area contributed by atoms with Gasteiger partial charge in [-0.1, -0.05) is 84.2 Å². The minimum absolute atomic E-state index is 0.0286. The monoisotopic (exact) mass is 540 g/mol. The number of rotatable bonds is 11. The van der Waals surface area contributed by atoms with E-state index in [2.05, 4.69) is 5.32 Å². The summed E-state index contributed by atoms with van der Waals surface area (Å²) in [6.45, 7) is 7.88. The molecule has 0 aliphatic carbocycles. The number of hydrogen-bond acceptors (Lipinski definition) is 3. The van der Waals surface area contributed by atoms with Crippen LogP contribution in [0, 0.1) is 13.8 Å². The maximum atomic E-state index is 13.7. The van der Waals surface area contributed by atoms with Crippen LogP contribution in [-0.2, 0) is 22.6 Å². The first kappa shape index (κ1) is 28.5. The van der Waals surface area contributed by atoms with Crippen LogP contribution in [0.25, 0.3) is 0 Å². The Labute approximate surface area is 229 Å².